The Bertz CT molecular complexity index is 496. The summed E-state index contributed by atoms with van der Waals surface area (Å²) in [6.45, 7) is 0.446. The molecule has 1 aromatic carbocycles. The minimum atomic E-state index is -1.01. The molecule has 0 radical (unpaired) electrons. The first-order valence-corrected chi connectivity index (χ1v) is 7.08. The Morgan fingerprint density at radius 2 is 1.76 bits per heavy atom. The second-order valence-corrected chi connectivity index (χ2v) is 5.40. The fourth-order valence-corrected chi connectivity index (χ4v) is 2.64. The minimum absolute atomic E-state index is 0.0498. The molecule has 1 aliphatic carbocycles. The summed E-state index contributed by atoms with van der Waals surface area (Å²) in [5.74, 6) is -0.141. The highest BCUT2D eigenvalue weighted by Gasteiger charge is 2.26. The quantitative estimate of drug-likeness (QED) is 0.799. The lowest BCUT2D eigenvalue weighted by molar-refractivity contribution is -0.121. The van der Waals surface area contributed by atoms with E-state index in [1.54, 1.807) is 0 Å². The summed E-state index contributed by atoms with van der Waals surface area (Å²) in [5, 5.41) is 13.7. The summed E-state index contributed by atoms with van der Waals surface area (Å²) in [6, 6.07) is 5.69. The van der Waals surface area contributed by atoms with E-state index in [1.165, 1.54) is 24.3 Å². The number of carbonyl (C=O) groups is 2. The van der Waals surface area contributed by atoms with Gasteiger partial charge in [-0.05, 0) is 55.9 Å². The van der Waals surface area contributed by atoms with Gasteiger partial charge < -0.3 is 15.7 Å². The van der Waals surface area contributed by atoms with E-state index >= 15 is 0 Å². The van der Waals surface area contributed by atoms with E-state index in [1.807, 2.05) is 0 Å². The van der Waals surface area contributed by atoms with Gasteiger partial charge in [-0.25, -0.2) is 9.18 Å². The molecule has 1 saturated carbocycles. The number of benzene rings is 1. The monoisotopic (exact) mass is 294 g/mol. The van der Waals surface area contributed by atoms with Gasteiger partial charge in [-0.2, -0.15) is 0 Å². The minimum Gasteiger partial charge on any atom is -0.465 e. The largest absolute Gasteiger partial charge is 0.465 e. The van der Waals surface area contributed by atoms with E-state index in [2.05, 4.69) is 10.6 Å². The molecule has 0 saturated heterocycles. The van der Waals surface area contributed by atoms with Crippen LogP contribution in [0.2, 0.25) is 0 Å². The van der Waals surface area contributed by atoms with Crippen molar-refractivity contribution >= 4 is 17.7 Å². The van der Waals surface area contributed by atoms with Gasteiger partial charge in [-0.3, -0.25) is 4.79 Å². The third-order valence-electron chi connectivity index (χ3n) is 3.87. The highest BCUT2D eigenvalue weighted by atomic mass is 19.1. The summed E-state index contributed by atoms with van der Waals surface area (Å²) < 4.78 is 12.8. The Balaban J connectivity index is 1.77. The molecule has 0 atom stereocenters. The second kappa shape index (κ2) is 7.06. The van der Waals surface area contributed by atoms with Crippen LogP contribution < -0.4 is 10.6 Å². The Labute approximate surface area is 122 Å². The van der Waals surface area contributed by atoms with Gasteiger partial charge in [0.1, 0.15) is 5.82 Å². The third kappa shape index (κ3) is 4.73. The number of carboxylic acid groups (broad SMARTS) is 1. The number of hydrogen-bond acceptors (Lipinski definition) is 2. The van der Waals surface area contributed by atoms with Crippen molar-refractivity contribution in [1.82, 2.24) is 5.32 Å². The van der Waals surface area contributed by atoms with Crippen molar-refractivity contribution in [3.8, 4) is 0 Å². The van der Waals surface area contributed by atoms with Crippen LogP contribution in [0.4, 0.5) is 14.9 Å². The first kappa shape index (κ1) is 15.3. The van der Waals surface area contributed by atoms with Gasteiger partial charge in [0.2, 0.25) is 5.91 Å². The van der Waals surface area contributed by atoms with Crippen LogP contribution >= 0.6 is 0 Å². The molecule has 3 N–H and O–H groups in total. The van der Waals surface area contributed by atoms with Crippen molar-refractivity contribution in [2.24, 2.45) is 11.8 Å². The van der Waals surface area contributed by atoms with Crippen LogP contribution in [0.5, 0.6) is 0 Å². The third-order valence-corrected chi connectivity index (χ3v) is 3.87. The molecule has 6 heteroatoms. The summed E-state index contributed by atoms with van der Waals surface area (Å²) >= 11 is 0. The summed E-state index contributed by atoms with van der Waals surface area (Å²) in [5.41, 5.74) is 0.594. The normalized spacial score (nSPS) is 21.6. The van der Waals surface area contributed by atoms with Crippen LogP contribution in [0.3, 0.4) is 0 Å². The Morgan fingerprint density at radius 3 is 2.33 bits per heavy atom. The Hall–Kier alpha value is -2.11. The van der Waals surface area contributed by atoms with Gasteiger partial charge >= 0.3 is 6.09 Å². The van der Waals surface area contributed by atoms with E-state index in [0.29, 0.717) is 18.2 Å². The average Bonchev–Trinajstić information content (AvgIpc) is 2.48. The molecule has 1 fully saturated rings. The van der Waals surface area contributed by atoms with Gasteiger partial charge in [0, 0.05) is 18.2 Å². The Kier molecular flexibility index (Phi) is 5.14. The van der Waals surface area contributed by atoms with E-state index in [4.69, 9.17) is 5.11 Å². The van der Waals surface area contributed by atoms with Crippen molar-refractivity contribution < 1.29 is 19.1 Å². The maximum absolute atomic E-state index is 12.8. The maximum atomic E-state index is 12.8. The molecule has 114 valence electrons. The number of rotatable bonds is 4. The van der Waals surface area contributed by atoms with Crippen molar-refractivity contribution in [3.63, 3.8) is 0 Å². The highest BCUT2D eigenvalue weighted by Crippen LogP contribution is 2.29. The molecular weight excluding hydrogens is 275 g/mol. The predicted molar refractivity (Wildman–Crippen MR) is 76.5 cm³/mol. The number of hydrogen-bond donors (Lipinski definition) is 3. The smallest absolute Gasteiger partial charge is 0.404 e. The molecule has 0 heterocycles. The highest BCUT2D eigenvalue weighted by molar-refractivity contribution is 5.92. The molecule has 0 aromatic heterocycles. The van der Waals surface area contributed by atoms with E-state index in [9.17, 15) is 14.0 Å². The summed E-state index contributed by atoms with van der Waals surface area (Å²) in [6.07, 6.45) is 2.16. The molecule has 5 nitrogen and oxygen atoms in total. The topological polar surface area (TPSA) is 78.4 Å². The van der Waals surface area contributed by atoms with Crippen molar-refractivity contribution in [1.29, 1.82) is 0 Å². The van der Waals surface area contributed by atoms with Crippen LogP contribution in [-0.2, 0) is 4.79 Å². The van der Waals surface area contributed by atoms with E-state index in [-0.39, 0.29) is 17.6 Å². The maximum Gasteiger partial charge on any atom is 0.404 e. The SMILES string of the molecule is O=C(O)NCC1CCC(C(=O)Nc2ccc(F)cc2)CC1. The lowest BCUT2D eigenvalue weighted by Crippen LogP contribution is -2.33. The van der Waals surface area contributed by atoms with Crippen molar-refractivity contribution in [3.05, 3.63) is 30.1 Å². The molecule has 0 spiro atoms. The standard InChI is InChI=1S/C15H19FN2O3/c16-12-5-7-13(8-6-12)18-14(19)11-3-1-10(2-4-11)9-17-15(20)21/h5-8,10-11,17H,1-4,9H2,(H,18,19)(H,20,21). The lowest BCUT2D eigenvalue weighted by atomic mass is 9.81. The number of halogens is 1. The van der Waals surface area contributed by atoms with E-state index in [0.717, 1.165) is 25.7 Å². The molecule has 0 aliphatic heterocycles. The van der Waals surface area contributed by atoms with Crippen LogP contribution in [0.25, 0.3) is 0 Å². The fraction of sp³-hybridized carbons (Fsp3) is 0.467. The molecule has 1 aliphatic rings. The van der Waals surface area contributed by atoms with Gasteiger partial charge in [-0.15, -0.1) is 0 Å². The van der Waals surface area contributed by atoms with Crippen LogP contribution in [0, 0.1) is 17.7 Å². The number of carbonyl (C=O) groups excluding carboxylic acids is 1. The predicted octanol–water partition coefficient (Wildman–Crippen LogP) is 2.84. The fourth-order valence-electron chi connectivity index (χ4n) is 2.64. The molecule has 0 bridgehead atoms. The zero-order valence-electron chi connectivity index (χ0n) is 11.6. The number of amides is 2. The van der Waals surface area contributed by atoms with Crippen LogP contribution in [-0.4, -0.2) is 23.7 Å². The number of anilines is 1. The van der Waals surface area contributed by atoms with Crippen LogP contribution in [0.1, 0.15) is 25.7 Å². The molecule has 1 aromatic rings. The molecule has 2 amide bonds. The number of nitrogens with one attached hydrogen (secondary N) is 2. The summed E-state index contributed by atoms with van der Waals surface area (Å²) in [4.78, 5) is 22.6. The molecule has 0 unspecified atom stereocenters. The van der Waals surface area contributed by atoms with Gasteiger partial charge in [0.15, 0.2) is 0 Å². The lowest BCUT2D eigenvalue weighted by Gasteiger charge is -2.27. The van der Waals surface area contributed by atoms with Gasteiger partial charge in [0.25, 0.3) is 0 Å². The van der Waals surface area contributed by atoms with Crippen LogP contribution in [0.15, 0.2) is 24.3 Å². The average molecular weight is 294 g/mol. The van der Waals surface area contributed by atoms with Crippen molar-refractivity contribution in [2.75, 3.05) is 11.9 Å². The van der Waals surface area contributed by atoms with Gasteiger partial charge in [-0.1, -0.05) is 0 Å². The summed E-state index contributed by atoms with van der Waals surface area (Å²) in [7, 11) is 0. The first-order valence-electron chi connectivity index (χ1n) is 7.08. The second-order valence-electron chi connectivity index (χ2n) is 5.40. The van der Waals surface area contributed by atoms with E-state index < -0.39 is 6.09 Å². The molecule has 21 heavy (non-hydrogen) atoms. The van der Waals surface area contributed by atoms with Crippen molar-refractivity contribution in [2.45, 2.75) is 25.7 Å². The zero-order valence-corrected chi connectivity index (χ0v) is 11.6. The zero-order chi connectivity index (χ0) is 15.2. The Morgan fingerprint density at radius 1 is 1.14 bits per heavy atom. The first-order chi connectivity index (χ1) is 10.0. The molecule has 2 rings (SSSR count). The van der Waals surface area contributed by atoms with Gasteiger partial charge in [0.05, 0.1) is 0 Å². The molecular formula is C15H19FN2O3.